The number of allylic oxidation sites excluding steroid dienone is 1. The van der Waals surface area contributed by atoms with Gasteiger partial charge in [-0.05, 0) is 44.9 Å². The van der Waals surface area contributed by atoms with E-state index in [1.54, 1.807) is 6.92 Å². The van der Waals surface area contributed by atoms with E-state index in [1.165, 1.54) is 12.8 Å². The molecule has 0 spiro atoms. The number of esters is 2. The molecule has 0 aromatic heterocycles. The molecule has 1 rings (SSSR count). The van der Waals surface area contributed by atoms with E-state index in [0.717, 1.165) is 12.8 Å². The summed E-state index contributed by atoms with van der Waals surface area (Å²) in [6, 6.07) is 0. The second-order valence-corrected chi connectivity index (χ2v) is 5.91. The second kappa shape index (κ2) is 10.2. The molecule has 0 bridgehead atoms. The quantitative estimate of drug-likeness (QED) is 0.281. The second-order valence-electron chi connectivity index (χ2n) is 5.91. The van der Waals surface area contributed by atoms with Crippen molar-refractivity contribution in [1.29, 1.82) is 0 Å². The van der Waals surface area contributed by atoms with Crippen LogP contribution in [0.15, 0.2) is 24.3 Å². The minimum absolute atomic E-state index is 0.0886. The Morgan fingerprint density at radius 2 is 1.82 bits per heavy atom. The smallest absolute Gasteiger partial charge is 0.333 e. The van der Waals surface area contributed by atoms with Crippen LogP contribution < -0.4 is 0 Å². The van der Waals surface area contributed by atoms with Gasteiger partial charge in [-0.3, -0.25) is 4.79 Å². The number of hydrogen-bond acceptors (Lipinski definition) is 4. The number of rotatable bonds is 9. The van der Waals surface area contributed by atoms with Crippen LogP contribution >= 0.6 is 0 Å². The highest BCUT2D eigenvalue weighted by Gasteiger charge is 2.22. The van der Waals surface area contributed by atoms with E-state index in [2.05, 4.69) is 19.6 Å². The first-order valence-electron chi connectivity index (χ1n) is 8.22. The number of hydrogen-bond donors (Lipinski definition) is 0. The molecular formula is C18H28O4. The van der Waals surface area contributed by atoms with Crippen molar-refractivity contribution >= 4 is 11.9 Å². The van der Waals surface area contributed by atoms with Crippen molar-refractivity contribution in [2.24, 2.45) is 11.8 Å². The van der Waals surface area contributed by atoms with Gasteiger partial charge in [0.2, 0.25) is 0 Å². The summed E-state index contributed by atoms with van der Waals surface area (Å²) in [5.41, 5.74) is 0.400. The Balaban J connectivity index is 2.10. The maximum absolute atomic E-state index is 11.9. The fourth-order valence-corrected chi connectivity index (χ4v) is 2.46. The molecule has 2 unspecified atom stereocenters. The van der Waals surface area contributed by atoms with E-state index in [-0.39, 0.29) is 17.9 Å². The predicted octanol–water partition coefficient (Wildman–Crippen LogP) is 3.81. The molecule has 0 aromatic carbocycles. The summed E-state index contributed by atoms with van der Waals surface area (Å²) < 4.78 is 10.3. The van der Waals surface area contributed by atoms with Crippen molar-refractivity contribution in [3.05, 3.63) is 24.3 Å². The molecular weight excluding hydrogens is 280 g/mol. The van der Waals surface area contributed by atoms with Gasteiger partial charge in [-0.25, -0.2) is 4.79 Å². The van der Waals surface area contributed by atoms with Crippen LogP contribution in [0.2, 0.25) is 0 Å². The molecule has 4 heteroatoms. The summed E-state index contributed by atoms with van der Waals surface area (Å²) in [5.74, 6) is 0.0301. The van der Waals surface area contributed by atoms with E-state index in [4.69, 9.17) is 9.47 Å². The lowest BCUT2D eigenvalue weighted by molar-refractivity contribution is -0.148. The normalized spacial score (nSPS) is 20.5. The molecule has 0 heterocycles. The van der Waals surface area contributed by atoms with Crippen molar-refractivity contribution in [1.82, 2.24) is 0 Å². The number of ether oxygens (including phenoxy) is 2. The van der Waals surface area contributed by atoms with Gasteiger partial charge < -0.3 is 9.47 Å². The van der Waals surface area contributed by atoms with Gasteiger partial charge in [-0.1, -0.05) is 32.1 Å². The molecule has 2 atom stereocenters. The van der Waals surface area contributed by atoms with E-state index in [0.29, 0.717) is 37.5 Å². The largest absolute Gasteiger partial charge is 0.465 e. The summed E-state index contributed by atoms with van der Waals surface area (Å²) in [7, 11) is 0. The summed E-state index contributed by atoms with van der Waals surface area (Å²) in [6.07, 6.45) is 9.88. The fourth-order valence-electron chi connectivity index (χ4n) is 2.46. The van der Waals surface area contributed by atoms with Crippen LogP contribution in [0.1, 0.15) is 52.4 Å². The molecule has 0 aromatic rings. The number of carbonyl (C=O) groups is 2. The van der Waals surface area contributed by atoms with Crippen LogP contribution in [-0.4, -0.2) is 25.2 Å². The highest BCUT2D eigenvalue weighted by atomic mass is 16.5. The topological polar surface area (TPSA) is 52.6 Å². The molecule has 0 fully saturated rings. The van der Waals surface area contributed by atoms with Crippen molar-refractivity contribution in [2.75, 3.05) is 13.2 Å². The molecule has 0 saturated carbocycles. The highest BCUT2D eigenvalue weighted by Crippen LogP contribution is 2.26. The Hall–Kier alpha value is -1.58. The van der Waals surface area contributed by atoms with Crippen molar-refractivity contribution in [3.63, 3.8) is 0 Å². The van der Waals surface area contributed by atoms with Gasteiger partial charge in [-0.2, -0.15) is 0 Å². The third kappa shape index (κ3) is 6.92. The Labute approximate surface area is 133 Å². The van der Waals surface area contributed by atoms with Crippen molar-refractivity contribution in [3.8, 4) is 0 Å². The lowest BCUT2D eigenvalue weighted by atomic mass is 9.86. The molecule has 0 aliphatic heterocycles. The van der Waals surface area contributed by atoms with Crippen LogP contribution in [0.4, 0.5) is 0 Å². The first-order valence-corrected chi connectivity index (χ1v) is 8.22. The summed E-state index contributed by atoms with van der Waals surface area (Å²) >= 11 is 0. The first-order chi connectivity index (χ1) is 10.5. The van der Waals surface area contributed by atoms with Gasteiger partial charge in [-0.15, -0.1) is 0 Å². The number of unbranched alkanes of at least 4 members (excludes halogenated alkanes) is 1. The van der Waals surface area contributed by atoms with Crippen LogP contribution in [0.25, 0.3) is 0 Å². The molecule has 4 nitrogen and oxygen atoms in total. The highest BCUT2D eigenvalue weighted by molar-refractivity contribution is 5.86. The maximum Gasteiger partial charge on any atom is 0.333 e. The third-order valence-electron chi connectivity index (χ3n) is 3.79. The summed E-state index contributed by atoms with van der Waals surface area (Å²) in [4.78, 5) is 23.1. The van der Waals surface area contributed by atoms with Crippen LogP contribution in [0.5, 0.6) is 0 Å². The monoisotopic (exact) mass is 308 g/mol. The molecule has 0 amide bonds. The summed E-state index contributed by atoms with van der Waals surface area (Å²) in [6.45, 7) is 8.03. The average Bonchev–Trinajstić information content (AvgIpc) is 2.51. The van der Waals surface area contributed by atoms with Gasteiger partial charge in [0.15, 0.2) is 0 Å². The van der Waals surface area contributed by atoms with Gasteiger partial charge in [0.05, 0.1) is 19.1 Å². The van der Waals surface area contributed by atoms with Gasteiger partial charge >= 0.3 is 11.9 Å². The van der Waals surface area contributed by atoms with E-state index in [1.807, 2.05) is 6.08 Å². The zero-order valence-corrected chi connectivity index (χ0v) is 13.8. The molecule has 0 saturated heterocycles. The van der Waals surface area contributed by atoms with E-state index in [9.17, 15) is 9.59 Å². The molecule has 22 heavy (non-hydrogen) atoms. The van der Waals surface area contributed by atoms with Gasteiger partial charge in [0.25, 0.3) is 0 Å². The van der Waals surface area contributed by atoms with E-state index < -0.39 is 0 Å². The Kier molecular flexibility index (Phi) is 8.56. The van der Waals surface area contributed by atoms with Crippen LogP contribution in [0.3, 0.4) is 0 Å². The van der Waals surface area contributed by atoms with Crippen LogP contribution in [0, 0.1) is 11.8 Å². The minimum atomic E-state index is -0.369. The van der Waals surface area contributed by atoms with Gasteiger partial charge in [0, 0.05) is 5.57 Å². The summed E-state index contributed by atoms with van der Waals surface area (Å²) in [5, 5.41) is 0. The molecule has 1 aliphatic rings. The van der Waals surface area contributed by atoms with Gasteiger partial charge in [0.1, 0.15) is 0 Å². The standard InChI is InChI=1S/C18H28O4/c1-4-7-15-8-10-16(11-9-15)18(20)22-13-6-5-12-21-17(19)14(2)3/h8,10,15-16H,2,4-7,9,11-13H2,1,3H3. The predicted molar refractivity (Wildman–Crippen MR) is 86.2 cm³/mol. The third-order valence-corrected chi connectivity index (χ3v) is 3.79. The zero-order valence-electron chi connectivity index (χ0n) is 13.8. The first kappa shape index (κ1) is 18.5. The fraction of sp³-hybridized carbons (Fsp3) is 0.667. The lowest BCUT2D eigenvalue weighted by Gasteiger charge is -2.21. The maximum atomic E-state index is 11.9. The molecule has 0 N–H and O–H groups in total. The lowest BCUT2D eigenvalue weighted by Crippen LogP contribution is -2.20. The number of carbonyl (C=O) groups excluding carboxylic acids is 2. The van der Waals surface area contributed by atoms with Crippen molar-refractivity contribution in [2.45, 2.75) is 52.4 Å². The Morgan fingerprint density at radius 3 is 2.36 bits per heavy atom. The SMILES string of the molecule is C=C(C)C(=O)OCCCCOC(=O)C1C=CC(CCC)CC1. The Bertz CT molecular complexity index is 411. The molecule has 124 valence electrons. The average molecular weight is 308 g/mol. The molecule has 1 aliphatic carbocycles. The van der Waals surface area contributed by atoms with Crippen molar-refractivity contribution < 1.29 is 19.1 Å². The molecule has 0 radical (unpaired) electrons. The zero-order chi connectivity index (χ0) is 16.4. The van der Waals surface area contributed by atoms with E-state index >= 15 is 0 Å². The Morgan fingerprint density at radius 1 is 1.14 bits per heavy atom. The van der Waals surface area contributed by atoms with Crippen LogP contribution in [-0.2, 0) is 19.1 Å². The minimum Gasteiger partial charge on any atom is -0.465 e.